The Labute approximate surface area is 72.8 Å². The lowest BCUT2D eigenvalue weighted by atomic mass is 10.4. The van der Waals surface area contributed by atoms with E-state index in [0.29, 0.717) is 13.2 Å². The van der Waals surface area contributed by atoms with E-state index in [2.05, 4.69) is 10.4 Å². The second-order valence-electron chi connectivity index (χ2n) is 2.83. The van der Waals surface area contributed by atoms with Crippen LogP contribution in [-0.4, -0.2) is 37.2 Å². The van der Waals surface area contributed by atoms with Crippen molar-refractivity contribution >= 4 is 5.97 Å². The molecule has 0 bridgehead atoms. The Balaban J connectivity index is 2.03. The molecule has 4 heteroatoms. The molecule has 12 heavy (non-hydrogen) atoms. The van der Waals surface area contributed by atoms with Gasteiger partial charge in [0.05, 0.1) is 6.61 Å². The molecule has 0 saturated carbocycles. The molecule has 0 unspecified atom stereocenters. The predicted octanol–water partition coefficient (Wildman–Crippen LogP) is 0.150. The molecule has 0 aliphatic carbocycles. The Morgan fingerprint density at radius 2 is 2.17 bits per heavy atom. The van der Waals surface area contributed by atoms with Crippen LogP contribution in [0.25, 0.3) is 0 Å². The molecule has 0 aromatic rings. The maximum absolute atomic E-state index is 10.9. The molecule has 1 aliphatic heterocycles. The Bertz CT molecular complexity index is 144. The normalized spacial score (nSPS) is 18.1. The van der Waals surface area contributed by atoms with Gasteiger partial charge in [-0.3, -0.25) is 4.79 Å². The van der Waals surface area contributed by atoms with E-state index in [-0.39, 0.29) is 5.97 Å². The maximum Gasteiger partial charge on any atom is 0.321 e. The first-order valence-corrected chi connectivity index (χ1v) is 4.47. The largest absolute Gasteiger partial charge is 0.465 e. The van der Waals surface area contributed by atoms with Crippen molar-refractivity contribution < 1.29 is 9.53 Å². The van der Waals surface area contributed by atoms with E-state index in [1.54, 1.807) is 0 Å². The summed E-state index contributed by atoms with van der Waals surface area (Å²) in [4.78, 5) is 10.9. The van der Waals surface area contributed by atoms with Crippen LogP contribution in [0.4, 0.5) is 0 Å². The highest BCUT2D eigenvalue weighted by Gasteiger charge is 2.11. The molecular formula is C8H16N2O2. The van der Waals surface area contributed by atoms with Crippen LogP contribution in [0.3, 0.4) is 0 Å². The average molecular weight is 172 g/mol. The zero-order valence-corrected chi connectivity index (χ0v) is 7.51. The number of hydrazine groups is 1. The lowest BCUT2D eigenvalue weighted by molar-refractivity contribution is -0.142. The van der Waals surface area contributed by atoms with Crippen molar-refractivity contribution in [3.05, 3.63) is 0 Å². The van der Waals surface area contributed by atoms with Gasteiger partial charge in [0, 0.05) is 13.1 Å². The number of carbonyl (C=O) groups is 1. The van der Waals surface area contributed by atoms with Gasteiger partial charge in [0.25, 0.3) is 0 Å². The molecule has 0 aromatic carbocycles. The van der Waals surface area contributed by atoms with Crippen LogP contribution in [0.1, 0.15) is 19.8 Å². The minimum atomic E-state index is -0.176. The highest BCUT2D eigenvalue weighted by atomic mass is 16.5. The Morgan fingerprint density at radius 3 is 2.75 bits per heavy atom. The number of ether oxygens (including phenoxy) is 1. The van der Waals surface area contributed by atoms with Crippen molar-refractivity contribution in [1.82, 2.24) is 10.4 Å². The second-order valence-corrected chi connectivity index (χ2v) is 2.83. The van der Waals surface area contributed by atoms with Gasteiger partial charge >= 0.3 is 5.97 Å². The van der Waals surface area contributed by atoms with Crippen LogP contribution < -0.4 is 5.43 Å². The first-order valence-electron chi connectivity index (χ1n) is 4.47. The second kappa shape index (κ2) is 5.11. The fourth-order valence-corrected chi connectivity index (χ4v) is 1.26. The quantitative estimate of drug-likeness (QED) is 0.613. The molecule has 0 spiro atoms. The van der Waals surface area contributed by atoms with Crippen LogP contribution in [0.2, 0.25) is 0 Å². The summed E-state index contributed by atoms with van der Waals surface area (Å²) in [6.07, 6.45) is 2.44. The lowest BCUT2D eigenvalue weighted by Gasteiger charge is -2.14. The molecule has 4 nitrogen and oxygen atoms in total. The monoisotopic (exact) mass is 172 g/mol. The van der Waals surface area contributed by atoms with Crippen LogP contribution in [0, 0.1) is 0 Å². The maximum atomic E-state index is 10.9. The van der Waals surface area contributed by atoms with Gasteiger partial charge < -0.3 is 4.74 Å². The highest BCUT2D eigenvalue weighted by molar-refractivity contribution is 5.71. The molecule has 1 rings (SSSR count). The van der Waals surface area contributed by atoms with E-state index < -0.39 is 0 Å². The zero-order valence-electron chi connectivity index (χ0n) is 7.51. The molecule has 0 radical (unpaired) electrons. The van der Waals surface area contributed by atoms with E-state index in [0.717, 1.165) is 13.1 Å². The molecule has 1 aliphatic rings. The Kier molecular flexibility index (Phi) is 4.04. The van der Waals surface area contributed by atoms with Crippen molar-refractivity contribution in [2.75, 3.05) is 26.2 Å². The molecule has 1 saturated heterocycles. The third kappa shape index (κ3) is 3.19. The molecule has 1 N–H and O–H groups in total. The molecule has 0 amide bonds. The predicted molar refractivity (Wildman–Crippen MR) is 45.4 cm³/mol. The first-order chi connectivity index (χ1) is 5.83. The summed E-state index contributed by atoms with van der Waals surface area (Å²) in [7, 11) is 0. The van der Waals surface area contributed by atoms with Crippen molar-refractivity contribution in [2.45, 2.75) is 19.8 Å². The lowest BCUT2D eigenvalue weighted by Crippen LogP contribution is -2.39. The average Bonchev–Trinajstić information content (AvgIpc) is 2.53. The van der Waals surface area contributed by atoms with Gasteiger partial charge in [0.1, 0.15) is 6.54 Å². The number of hydrogen-bond acceptors (Lipinski definition) is 4. The van der Waals surface area contributed by atoms with E-state index in [1.807, 2.05) is 6.92 Å². The van der Waals surface area contributed by atoms with E-state index in [9.17, 15) is 4.79 Å². The number of esters is 1. The fraction of sp³-hybridized carbons (Fsp3) is 0.875. The summed E-state index contributed by atoms with van der Waals surface area (Å²) in [5.41, 5.74) is 3.02. The third-order valence-corrected chi connectivity index (χ3v) is 1.86. The minimum absolute atomic E-state index is 0.176. The van der Waals surface area contributed by atoms with Crippen LogP contribution in [0.15, 0.2) is 0 Å². The summed E-state index contributed by atoms with van der Waals surface area (Å²) in [6, 6.07) is 0. The molecule has 70 valence electrons. The SMILES string of the molecule is CCOC(=O)CNN1CCCC1. The van der Waals surface area contributed by atoms with Crippen LogP contribution in [-0.2, 0) is 9.53 Å². The van der Waals surface area contributed by atoms with Gasteiger partial charge in [-0.05, 0) is 19.8 Å². The summed E-state index contributed by atoms with van der Waals surface area (Å²) in [5, 5.41) is 2.07. The summed E-state index contributed by atoms with van der Waals surface area (Å²) < 4.78 is 4.77. The minimum Gasteiger partial charge on any atom is -0.465 e. The van der Waals surface area contributed by atoms with Gasteiger partial charge in [0.15, 0.2) is 0 Å². The summed E-state index contributed by atoms with van der Waals surface area (Å²) in [5.74, 6) is -0.176. The van der Waals surface area contributed by atoms with Crippen molar-refractivity contribution in [3.63, 3.8) is 0 Å². The number of hydrogen-bond donors (Lipinski definition) is 1. The summed E-state index contributed by atoms with van der Waals surface area (Å²) >= 11 is 0. The van der Waals surface area contributed by atoms with Gasteiger partial charge in [-0.2, -0.15) is 0 Å². The summed E-state index contributed by atoms with van der Waals surface area (Å²) in [6.45, 7) is 4.65. The third-order valence-electron chi connectivity index (χ3n) is 1.86. The number of rotatable bonds is 4. The van der Waals surface area contributed by atoms with Crippen molar-refractivity contribution in [3.8, 4) is 0 Å². The molecule has 0 atom stereocenters. The topological polar surface area (TPSA) is 41.6 Å². The number of nitrogens with one attached hydrogen (secondary N) is 1. The zero-order chi connectivity index (χ0) is 8.81. The van der Waals surface area contributed by atoms with Crippen molar-refractivity contribution in [2.24, 2.45) is 0 Å². The standard InChI is InChI=1S/C8H16N2O2/c1-2-12-8(11)7-9-10-5-3-4-6-10/h9H,2-7H2,1H3. The van der Waals surface area contributed by atoms with Gasteiger partial charge in [-0.25, -0.2) is 10.4 Å². The number of carbonyl (C=O) groups excluding carboxylic acids is 1. The Morgan fingerprint density at radius 1 is 1.50 bits per heavy atom. The Hall–Kier alpha value is -0.610. The van der Waals surface area contributed by atoms with E-state index in [1.165, 1.54) is 12.8 Å². The number of nitrogens with zero attached hydrogens (tertiary/aromatic N) is 1. The highest BCUT2D eigenvalue weighted by Crippen LogP contribution is 2.02. The van der Waals surface area contributed by atoms with E-state index >= 15 is 0 Å². The van der Waals surface area contributed by atoms with E-state index in [4.69, 9.17) is 4.74 Å². The van der Waals surface area contributed by atoms with Crippen molar-refractivity contribution in [1.29, 1.82) is 0 Å². The molecule has 1 fully saturated rings. The van der Waals surface area contributed by atoms with Gasteiger partial charge in [0.2, 0.25) is 0 Å². The molecule has 0 aromatic heterocycles. The van der Waals surface area contributed by atoms with Gasteiger partial charge in [-0.15, -0.1) is 0 Å². The molecule has 1 heterocycles. The smallest absolute Gasteiger partial charge is 0.321 e. The van der Waals surface area contributed by atoms with Gasteiger partial charge in [-0.1, -0.05) is 0 Å². The fourth-order valence-electron chi connectivity index (χ4n) is 1.26. The van der Waals surface area contributed by atoms with Crippen LogP contribution >= 0.6 is 0 Å². The molecular weight excluding hydrogens is 156 g/mol. The van der Waals surface area contributed by atoms with Crippen LogP contribution in [0.5, 0.6) is 0 Å². The first kappa shape index (κ1) is 9.48.